The monoisotopic (exact) mass is 352 g/mol. The number of nitrogens with zero attached hydrogens (tertiary/aromatic N) is 1. The Morgan fingerprint density at radius 3 is 2.46 bits per heavy atom. The topological polar surface area (TPSA) is 64.2 Å². The number of rotatable bonds is 6. The average molecular weight is 352 g/mol. The van der Waals surface area contributed by atoms with Crippen LogP contribution in [0.25, 0.3) is 17.3 Å². The number of benzene rings is 2. The molecule has 0 spiro atoms. The molecule has 0 unspecified atom stereocenters. The molecule has 0 atom stereocenters. The smallest absolute Gasteiger partial charge is 0.186 e. The second kappa shape index (κ2) is 7.65. The van der Waals surface area contributed by atoms with Gasteiger partial charge in [0.2, 0.25) is 0 Å². The van der Waals surface area contributed by atoms with Gasteiger partial charge >= 0.3 is 0 Å². The van der Waals surface area contributed by atoms with Crippen molar-refractivity contribution in [2.45, 2.75) is 0 Å². The van der Waals surface area contributed by atoms with Crippen molar-refractivity contribution < 1.29 is 18.7 Å². The fourth-order valence-electron chi connectivity index (χ4n) is 2.44. The number of H-pyrrole nitrogens is 1. The zero-order valence-corrected chi connectivity index (χ0v) is 14.3. The average Bonchev–Trinajstić information content (AvgIpc) is 3.15. The van der Waals surface area contributed by atoms with E-state index in [-0.39, 0.29) is 11.6 Å². The molecule has 3 rings (SSSR count). The van der Waals surface area contributed by atoms with Gasteiger partial charge in [-0.05, 0) is 60.7 Å². The molecule has 5 nitrogen and oxygen atoms in total. The number of aromatic amines is 1. The van der Waals surface area contributed by atoms with Crippen molar-refractivity contribution in [3.63, 3.8) is 0 Å². The zero-order valence-electron chi connectivity index (χ0n) is 14.3. The maximum Gasteiger partial charge on any atom is 0.186 e. The van der Waals surface area contributed by atoms with Crippen LogP contribution in [0.15, 0.2) is 54.6 Å². The van der Waals surface area contributed by atoms with Gasteiger partial charge < -0.3 is 9.47 Å². The molecule has 0 fully saturated rings. The number of ketones is 1. The molecule has 26 heavy (non-hydrogen) atoms. The van der Waals surface area contributed by atoms with Gasteiger partial charge in [-0.2, -0.15) is 5.10 Å². The van der Waals surface area contributed by atoms with Crippen LogP contribution in [-0.2, 0) is 0 Å². The third-order valence-corrected chi connectivity index (χ3v) is 3.82. The quantitative estimate of drug-likeness (QED) is 0.535. The molecule has 6 heteroatoms. The standard InChI is InChI=1S/C20H17FN2O3/c1-25-19-10-5-14(11-20(19)26-2)18(24)9-8-16-12-17(23-22-16)13-3-6-15(21)7-4-13/h3-12H,1-2H3,(H,22,23). The van der Waals surface area contributed by atoms with Gasteiger partial charge in [0.1, 0.15) is 5.82 Å². The fourth-order valence-corrected chi connectivity index (χ4v) is 2.44. The summed E-state index contributed by atoms with van der Waals surface area (Å²) in [7, 11) is 3.06. The summed E-state index contributed by atoms with van der Waals surface area (Å²) in [5.74, 6) is 0.575. The van der Waals surface area contributed by atoms with Crippen molar-refractivity contribution in [3.05, 3.63) is 71.7 Å². The summed E-state index contributed by atoms with van der Waals surface area (Å²) in [6.45, 7) is 0. The lowest BCUT2D eigenvalue weighted by atomic mass is 10.1. The number of hydrogen-bond acceptors (Lipinski definition) is 4. The minimum absolute atomic E-state index is 0.177. The van der Waals surface area contributed by atoms with E-state index < -0.39 is 0 Å². The van der Waals surface area contributed by atoms with Crippen molar-refractivity contribution in [3.8, 4) is 22.8 Å². The maximum atomic E-state index is 13.0. The van der Waals surface area contributed by atoms with Gasteiger partial charge in [0.15, 0.2) is 17.3 Å². The summed E-state index contributed by atoms with van der Waals surface area (Å²) >= 11 is 0. The summed E-state index contributed by atoms with van der Waals surface area (Å²) in [5, 5.41) is 7.01. The summed E-state index contributed by atoms with van der Waals surface area (Å²) in [6.07, 6.45) is 3.09. The summed E-state index contributed by atoms with van der Waals surface area (Å²) in [4.78, 5) is 12.3. The van der Waals surface area contributed by atoms with Crippen molar-refractivity contribution in [2.75, 3.05) is 14.2 Å². The Bertz CT molecular complexity index is 946. The van der Waals surface area contributed by atoms with Crippen LogP contribution in [0, 0.1) is 5.82 Å². The molecule has 0 aliphatic rings. The van der Waals surface area contributed by atoms with E-state index in [0.717, 1.165) is 5.56 Å². The molecule has 0 radical (unpaired) electrons. The van der Waals surface area contributed by atoms with Gasteiger partial charge in [-0.25, -0.2) is 4.39 Å². The Balaban J connectivity index is 1.76. The SMILES string of the molecule is COc1ccc(C(=O)C=Cc2cc(-c3ccc(F)cc3)n[nH]2)cc1OC. The molecule has 2 aromatic carbocycles. The van der Waals surface area contributed by atoms with E-state index in [1.54, 1.807) is 42.5 Å². The molecule has 3 aromatic rings. The lowest BCUT2D eigenvalue weighted by Gasteiger charge is -2.07. The van der Waals surface area contributed by atoms with Crippen LogP contribution in [-0.4, -0.2) is 30.2 Å². The molecule has 0 amide bonds. The van der Waals surface area contributed by atoms with Gasteiger partial charge in [-0.15, -0.1) is 0 Å². The number of methoxy groups -OCH3 is 2. The highest BCUT2D eigenvalue weighted by molar-refractivity contribution is 6.07. The van der Waals surface area contributed by atoms with E-state index in [1.807, 2.05) is 0 Å². The van der Waals surface area contributed by atoms with Gasteiger partial charge in [-0.3, -0.25) is 9.89 Å². The van der Waals surface area contributed by atoms with Gasteiger partial charge in [0, 0.05) is 11.1 Å². The van der Waals surface area contributed by atoms with Crippen molar-refractivity contribution in [2.24, 2.45) is 0 Å². The second-order valence-electron chi connectivity index (χ2n) is 5.48. The Morgan fingerprint density at radius 1 is 1.04 bits per heavy atom. The van der Waals surface area contributed by atoms with E-state index in [4.69, 9.17) is 9.47 Å². The van der Waals surface area contributed by atoms with Crippen LogP contribution < -0.4 is 9.47 Å². The number of nitrogens with one attached hydrogen (secondary N) is 1. The first-order valence-electron chi connectivity index (χ1n) is 7.86. The number of halogens is 1. The third kappa shape index (κ3) is 3.80. The van der Waals surface area contributed by atoms with Crippen LogP contribution in [0.3, 0.4) is 0 Å². The number of aromatic nitrogens is 2. The van der Waals surface area contributed by atoms with Crippen LogP contribution in [0.1, 0.15) is 16.1 Å². The van der Waals surface area contributed by atoms with Crippen LogP contribution in [0.5, 0.6) is 11.5 Å². The normalized spacial score (nSPS) is 10.9. The Morgan fingerprint density at radius 2 is 1.77 bits per heavy atom. The minimum atomic E-state index is -0.301. The molecular weight excluding hydrogens is 335 g/mol. The first-order chi connectivity index (χ1) is 12.6. The van der Waals surface area contributed by atoms with Crippen molar-refractivity contribution >= 4 is 11.9 Å². The molecule has 0 saturated carbocycles. The van der Waals surface area contributed by atoms with E-state index in [1.165, 1.54) is 32.4 Å². The number of hydrogen-bond donors (Lipinski definition) is 1. The summed E-state index contributed by atoms with van der Waals surface area (Å²) < 4.78 is 23.4. The Labute approximate surface area is 150 Å². The summed E-state index contributed by atoms with van der Waals surface area (Å²) in [5.41, 5.74) is 2.60. The summed E-state index contributed by atoms with van der Waals surface area (Å²) in [6, 6.07) is 12.8. The highest BCUT2D eigenvalue weighted by Crippen LogP contribution is 2.28. The van der Waals surface area contributed by atoms with Gasteiger partial charge in [-0.1, -0.05) is 0 Å². The molecule has 1 N–H and O–H groups in total. The molecular formula is C20H17FN2O3. The number of carbonyl (C=O) groups is 1. The highest BCUT2D eigenvalue weighted by Gasteiger charge is 2.09. The van der Waals surface area contributed by atoms with E-state index in [2.05, 4.69) is 10.2 Å². The first kappa shape index (κ1) is 17.4. The maximum absolute atomic E-state index is 13.0. The first-order valence-corrected chi connectivity index (χ1v) is 7.86. The molecule has 132 valence electrons. The highest BCUT2D eigenvalue weighted by atomic mass is 19.1. The molecule has 1 heterocycles. The zero-order chi connectivity index (χ0) is 18.5. The van der Waals surface area contributed by atoms with Crippen LogP contribution >= 0.6 is 0 Å². The lowest BCUT2D eigenvalue weighted by molar-refractivity contribution is 0.104. The van der Waals surface area contributed by atoms with Crippen molar-refractivity contribution in [1.82, 2.24) is 10.2 Å². The Hall–Kier alpha value is -3.41. The van der Waals surface area contributed by atoms with Crippen LogP contribution in [0.2, 0.25) is 0 Å². The number of allylic oxidation sites excluding steroid dienone is 1. The predicted octanol–water partition coefficient (Wildman–Crippen LogP) is 4.13. The number of carbonyl (C=O) groups excluding carboxylic acids is 1. The van der Waals surface area contributed by atoms with E-state index >= 15 is 0 Å². The molecule has 0 aliphatic heterocycles. The number of ether oxygens (including phenoxy) is 2. The van der Waals surface area contributed by atoms with E-state index in [9.17, 15) is 9.18 Å². The van der Waals surface area contributed by atoms with Gasteiger partial charge in [0.05, 0.1) is 25.6 Å². The van der Waals surface area contributed by atoms with Crippen molar-refractivity contribution in [1.29, 1.82) is 0 Å². The Kier molecular flexibility index (Phi) is 5.12. The van der Waals surface area contributed by atoms with Gasteiger partial charge in [0.25, 0.3) is 0 Å². The molecule has 0 saturated heterocycles. The second-order valence-corrected chi connectivity index (χ2v) is 5.48. The van der Waals surface area contributed by atoms with E-state index in [0.29, 0.717) is 28.5 Å². The largest absolute Gasteiger partial charge is 0.493 e. The van der Waals surface area contributed by atoms with Crippen LogP contribution in [0.4, 0.5) is 4.39 Å². The predicted molar refractivity (Wildman–Crippen MR) is 96.9 cm³/mol. The minimum Gasteiger partial charge on any atom is -0.493 e. The fraction of sp³-hybridized carbons (Fsp3) is 0.100. The lowest BCUT2D eigenvalue weighted by Crippen LogP contribution is -1.97. The molecule has 1 aromatic heterocycles. The molecule has 0 bridgehead atoms. The third-order valence-electron chi connectivity index (χ3n) is 3.82. The molecule has 0 aliphatic carbocycles.